The minimum Gasteiger partial charge on any atom is -0.496 e. The molecule has 0 aliphatic rings. The number of carbonyl (C=O) groups excluding carboxylic acids is 2. The molecule has 0 spiro atoms. The molecular weight excluding hydrogens is 431 g/mol. The first-order chi connectivity index (χ1) is 13.9. The minimum absolute atomic E-state index is 0.173. The Labute approximate surface area is 185 Å². The second-order valence-corrected chi connectivity index (χ2v) is 8.25. The van der Waals surface area contributed by atoms with Crippen LogP contribution in [-0.2, 0) is 11.3 Å². The number of rotatable bonds is 9. The van der Waals surface area contributed by atoms with Gasteiger partial charge in [0, 0.05) is 13.6 Å². The smallest absolute Gasteiger partial charge is 0.255 e. The van der Waals surface area contributed by atoms with Gasteiger partial charge in [0.2, 0.25) is 5.91 Å². The van der Waals surface area contributed by atoms with E-state index >= 15 is 0 Å². The van der Waals surface area contributed by atoms with Gasteiger partial charge in [0.1, 0.15) is 11.8 Å². The van der Waals surface area contributed by atoms with Gasteiger partial charge in [-0.25, -0.2) is 0 Å². The van der Waals surface area contributed by atoms with Crippen molar-refractivity contribution in [2.45, 2.75) is 19.0 Å². The third-order valence-corrected chi connectivity index (χ3v) is 5.73. The van der Waals surface area contributed by atoms with Crippen LogP contribution in [0.1, 0.15) is 22.3 Å². The Bertz CT molecular complexity index is 864. The molecule has 1 atom stereocenters. The van der Waals surface area contributed by atoms with Crippen LogP contribution in [0, 0.1) is 0 Å². The van der Waals surface area contributed by atoms with E-state index in [9.17, 15) is 9.59 Å². The summed E-state index contributed by atoms with van der Waals surface area (Å²) in [6.07, 6.45) is 2.48. The average molecular weight is 455 g/mol. The van der Waals surface area contributed by atoms with E-state index in [0.29, 0.717) is 34.3 Å². The van der Waals surface area contributed by atoms with Crippen LogP contribution in [-0.4, -0.2) is 48.9 Å². The van der Waals surface area contributed by atoms with Crippen molar-refractivity contribution in [3.63, 3.8) is 0 Å². The number of ether oxygens (including phenoxy) is 1. The van der Waals surface area contributed by atoms with Crippen LogP contribution >= 0.6 is 35.0 Å². The summed E-state index contributed by atoms with van der Waals surface area (Å²) in [4.78, 5) is 27.4. The van der Waals surface area contributed by atoms with Crippen molar-refractivity contribution < 1.29 is 14.3 Å². The molecule has 0 fully saturated rings. The number of hydrogen-bond donors (Lipinski definition) is 1. The minimum atomic E-state index is -0.646. The quantitative estimate of drug-likeness (QED) is 0.605. The maximum absolute atomic E-state index is 13.0. The summed E-state index contributed by atoms with van der Waals surface area (Å²) in [7, 11) is 3.21. The molecule has 0 radical (unpaired) electrons. The van der Waals surface area contributed by atoms with Crippen LogP contribution < -0.4 is 10.1 Å². The van der Waals surface area contributed by atoms with Gasteiger partial charge < -0.3 is 15.0 Å². The van der Waals surface area contributed by atoms with Gasteiger partial charge in [-0.1, -0.05) is 41.4 Å². The molecule has 0 saturated carbocycles. The van der Waals surface area contributed by atoms with Crippen molar-refractivity contribution in [3.8, 4) is 5.75 Å². The molecule has 1 N–H and O–H groups in total. The fourth-order valence-electron chi connectivity index (χ4n) is 2.82. The molecule has 156 valence electrons. The molecule has 0 aromatic heterocycles. The lowest BCUT2D eigenvalue weighted by Crippen LogP contribution is -2.47. The molecule has 0 heterocycles. The van der Waals surface area contributed by atoms with Crippen molar-refractivity contribution in [3.05, 3.63) is 63.6 Å². The molecule has 8 heteroatoms. The average Bonchev–Trinajstić information content (AvgIpc) is 2.72. The lowest BCUT2D eigenvalue weighted by Gasteiger charge is -2.25. The van der Waals surface area contributed by atoms with E-state index in [0.717, 1.165) is 11.3 Å². The number of carbonyl (C=O) groups is 2. The first-order valence-electron chi connectivity index (χ1n) is 8.99. The van der Waals surface area contributed by atoms with Gasteiger partial charge in [-0.05, 0) is 48.3 Å². The van der Waals surface area contributed by atoms with Gasteiger partial charge in [0.25, 0.3) is 5.91 Å². The lowest BCUT2D eigenvalue weighted by atomic mass is 10.1. The molecule has 0 aliphatic heterocycles. The standard InChI is InChI=1S/C21H24Cl2N2O3S/c1-25(13-14-8-9-16(22)17(23)12-14)21(27)18(10-11-29-3)24-20(26)15-6-4-5-7-19(15)28-2/h4-9,12,18H,10-11,13H2,1-3H3,(H,24,26). The second kappa shape index (κ2) is 11.3. The highest BCUT2D eigenvalue weighted by molar-refractivity contribution is 7.98. The molecule has 0 bridgehead atoms. The van der Waals surface area contributed by atoms with E-state index in [1.54, 1.807) is 60.1 Å². The SMILES string of the molecule is COc1ccccc1C(=O)NC(CCSC)C(=O)N(C)Cc1ccc(Cl)c(Cl)c1. The first kappa shape index (κ1) is 23.4. The molecule has 2 aromatic rings. The van der Waals surface area contributed by atoms with Crippen molar-refractivity contribution >= 4 is 46.8 Å². The highest BCUT2D eigenvalue weighted by Crippen LogP contribution is 2.23. The zero-order valence-corrected chi connectivity index (χ0v) is 18.9. The van der Waals surface area contributed by atoms with Crippen molar-refractivity contribution in [2.75, 3.05) is 26.2 Å². The van der Waals surface area contributed by atoms with E-state index in [4.69, 9.17) is 27.9 Å². The van der Waals surface area contributed by atoms with Crippen molar-refractivity contribution in [1.82, 2.24) is 10.2 Å². The van der Waals surface area contributed by atoms with Crippen molar-refractivity contribution in [1.29, 1.82) is 0 Å². The van der Waals surface area contributed by atoms with E-state index < -0.39 is 6.04 Å². The number of methoxy groups -OCH3 is 1. The van der Waals surface area contributed by atoms with Crippen molar-refractivity contribution in [2.24, 2.45) is 0 Å². The summed E-state index contributed by atoms with van der Waals surface area (Å²) in [5, 5.41) is 3.76. The predicted molar refractivity (Wildman–Crippen MR) is 120 cm³/mol. The molecule has 2 aromatic carbocycles. The Morgan fingerprint density at radius 3 is 2.55 bits per heavy atom. The number of likely N-dealkylation sites (N-methyl/N-ethyl adjacent to an activating group) is 1. The van der Waals surface area contributed by atoms with Gasteiger partial charge >= 0.3 is 0 Å². The number of benzene rings is 2. The van der Waals surface area contributed by atoms with Crippen LogP contribution in [0.5, 0.6) is 5.75 Å². The molecular formula is C21H24Cl2N2O3S. The van der Waals surface area contributed by atoms with Crippen LogP contribution in [0.25, 0.3) is 0 Å². The Morgan fingerprint density at radius 1 is 1.17 bits per heavy atom. The van der Waals surface area contributed by atoms with Crippen LogP contribution in [0.4, 0.5) is 0 Å². The van der Waals surface area contributed by atoms with Crippen LogP contribution in [0.15, 0.2) is 42.5 Å². The summed E-state index contributed by atoms with van der Waals surface area (Å²) in [6, 6.07) is 11.5. The molecule has 1 unspecified atom stereocenters. The normalized spacial score (nSPS) is 11.6. The highest BCUT2D eigenvalue weighted by Gasteiger charge is 2.25. The predicted octanol–water partition coefficient (Wildman–Crippen LogP) is 4.51. The number of hydrogen-bond acceptors (Lipinski definition) is 4. The largest absolute Gasteiger partial charge is 0.496 e. The molecule has 5 nitrogen and oxygen atoms in total. The maximum atomic E-state index is 13.0. The Hall–Kier alpha value is -1.89. The summed E-state index contributed by atoms with van der Waals surface area (Å²) in [6.45, 7) is 0.357. The van der Waals surface area contributed by atoms with Gasteiger partial charge in [0.05, 0.1) is 22.7 Å². The van der Waals surface area contributed by atoms with E-state index in [1.807, 2.05) is 12.3 Å². The maximum Gasteiger partial charge on any atom is 0.255 e. The summed E-state index contributed by atoms with van der Waals surface area (Å²) < 4.78 is 5.25. The number of halogens is 2. The second-order valence-electron chi connectivity index (χ2n) is 6.45. The van der Waals surface area contributed by atoms with Crippen LogP contribution in [0.2, 0.25) is 10.0 Å². The van der Waals surface area contributed by atoms with Gasteiger partial charge in [-0.3, -0.25) is 9.59 Å². The number of nitrogens with zero attached hydrogens (tertiary/aromatic N) is 1. The third kappa shape index (κ3) is 6.56. The molecule has 2 rings (SSSR count). The number of para-hydroxylation sites is 1. The number of nitrogens with one attached hydrogen (secondary N) is 1. The molecule has 2 amide bonds. The van der Waals surface area contributed by atoms with Gasteiger partial charge in [-0.2, -0.15) is 11.8 Å². The Kier molecular flexibility index (Phi) is 9.14. The lowest BCUT2D eigenvalue weighted by molar-refractivity contribution is -0.132. The summed E-state index contributed by atoms with van der Waals surface area (Å²) in [5.74, 6) is 0.687. The zero-order chi connectivity index (χ0) is 21.4. The van der Waals surface area contributed by atoms with Crippen LogP contribution in [0.3, 0.4) is 0 Å². The number of thioether (sulfide) groups is 1. The summed E-state index contributed by atoms with van der Waals surface area (Å²) in [5.41, 5.74) is 1.25. The van der Waals surface area contributed by atoms with E-state index in [1.165, 1.54) is 7.11 Å². The summed E-state index contributed by atoms with van der Waals surface area (Å²) >= 11 is 13.6. The molecule has 0 saturated heterocycles. The third-order valence-electron chi connectivity index (χ3n) is 4.35. The Morgan fingerprint density at radius 2 is 1.90 bits per heavy atom. The monoisotopic (exact) mass is 454 g/mol. The number of amides is 2. The van der Waals surface area contributed by atoms with Gasteiger partial charge in [0.15, 0.2) is 0 Å². The molecule has 29 heavy (non-hydrogen) atoms. The Balaban J connectivity index is 2.13. The van der Waals surface area contributed by atoms with E-state index in [-0.39, 0.29) is 11.8 Å². The zero-order valence-electron chi connectivity index (χ0n) is 16.6. The topological polar surface area (TPSA) is 58.6 Å². The fraction of sp³-hybridized carbons (Fsp3) is 0.333. The van der Waals surface area contributed by atoms with E-state index in [2.05, 4.69) is 5.32 Å². The first-order valence-corrected chi connectivity index (χ1v) is 11.1. The van der Waals surface area contributed by atoms with Gasteiger partial charge in [-0.15, -0.1) is 0 Å². The fourth-order valence-corrected chi connectivity index (χ4v) is 3.61. The highest BCUT2D eigenvalue weighted by atomic mass is 35.5. The molecule has 0 aliphatic carbocycles.